The van der Waals surface area contributed by atoms with Crippen LogP contribution in [-0.4, -0.2) is 48.3 Å². The summed E-state index contributed by atoms with van der Waals surface area (Å²) in [5, 5.41) is 11.3. The summed E-state index contributed by atoms with van der Waals surface area (Å²) in [5.41, 5.74) is -0.637. The van der Waals surface area contributed by atoms with E-state index in [1.54, 1.807) is 0 Å². The molecular weight excluding hydrogens is 279 g/mol. The van der Waals surface area contributed by atoms with Gasteiger partial charge in [-0.15, -0.1) is 0 Å². The summed E-state index contributed by atoms with van der Waals surface area (Å²) in [5.74, 6) is -2.11. The maximum atomic E-state index is 13.7. The minimum atomic E-state index is -1.31. The molecule has 0 aliphatic carbocycles. The summed E-state index contributed by atoms with van der Waals surface area (Å²) in [7, 11) is 1.51. The molecule has 2 N–H and O–H groups in total. The van der Waals surface area contributed by atoms with Crippen molar-refractivity contribution in [1.29, 1.82) is 0 Å². The van der Waals surface area contributed by atoms with Crippen LogP contribution in [0.5, 0.6) is 0 Å². The molecule has 0 aliphatic rings. The summed E-state index contributed by atoms with van der Waals surface area (Å²) in [6, 6.07) is 2.98. The van der Waals surface area contributed by atoms with Crippen molar-refractivity contribution in [1.82, 2.24) is 4.90 Å². The van der Waals surface area contributed by atoms with Crippen LogP contribution in [0.3, 0.4) is 0 Å². The van der Waals surface area contributed by atoms with Gasteiger partial charge in [-0.1, -0.05) is 6.07 Å². The van der Waals surface area contributed by atoms with Gasteiger partial charge in [-0.05, 0) is 26.0 Å². The molecular formula is C14H19FN2O4. The fraction of sp³-hybridized carbons (Fsp3) is 0.429. The number of carboxylic acids is 1. The lowest BCUT2D eigenvalue weighted by Crippen LogP contribution is -2.35. The van der Waals surface area contributed by atoms with Crippen LogP contribution in [0.15, 0.2) is 18.2 Å². The van der Waals surface area contributed by atoms with Crippen molar-refractivity contribution < 1.29 is 23.8 Å². The lowest BCUT2D eigenvalue weighted by Gasteiger charge is -2.19. The predicted octanol–water partition coefficient (Wildman–Crippen LogP) is 2.41. The Morgan fingerprint density at radius 1 is 1.43 bits per heavy atom. The Bertz CT molecular complexity index is 520. The van der Waals surface area contributed by atoms with E-state index in [2.05, 4.69) is 5.32 Å². The standard InChI is InChI=1S/C14H19FN2O4/c1-9(2)21-8-7-17(3)14(20)16-12-10(13(18)19)5-4-6-11(12)15/h4-6,9H,7-8H2,1-3H3,(H,16,20)(H,18,19). The number of halogens is 1. The quantitative estimate of drug-likeness (QED) is 0.845. The third-order valence-electron chi connectivity index (χ3n) is 2.70. The first-order valence-corrected chi connectivity index (χ1v) is 6.48. The Morgan fingerprint density at radius 2 is 2.10 bits per heavy atom. The number of amides is 2. The van der Waals surface area contributed by atoms with Crippen LogP contribution < -0.4 is 5.32 Å². The molecule has 0 bridgehead atoms. The number of nitrogens with one attached hydrogen (secondary N) is 1. The highest BCUT2D eigenvalue weighted by atomic mass is 19.1. The fourth-order valence-corrected chi connectivity index (χ4v) is 1.56. The van der Waals surface area contributed by atoms with E-state index in [1.165, 1.54) is 24.1 Å². The van der Waals surface area contributed by atoms with Crippen molar-refractivity contribution in [2.24, 2.45) is 0 Å². The van der Waals surface area contributed by atoms with Crippen LogP contribution in [0.25, 0.3) is 0 Å². The second kappa shape index (κ2) is 7.58. The van der Waals surface area contributed by atoms with Gasteiger partial charge in [0.2, 0.25) is 0 Å². The highest BCUT2D eigenvalue weighted by molar-refractivity contribution is 6.00. The maximum absolute atomic E-state index is 13.7. The molecule has 0 radical (unpaired) electrons. The molecule has 0 heterocycles. The largest absolute Gasteiger partial charge is 0.478 e. The van der Waals surface area contributed by atoms with E-state index in [-0.39, 0.29) is 17.4 Å². The molecule has 0 aliphatic heterocycles. The number of rotatable bonds is 6. The number of aromatic carboxylic acids is 1. The van der Waals surface area contributed by atoms with Crippen molar-refractivity contribution in [3.63, 3.8) is 0 Å². The number of carbonyl (C=O) groups is 2. The number of ether oxygens (including phenoxy) is 1. The molecule has 21 heavy (non-hydrogen) atoms. The van der Waals surface area contributed by atoms with Crippen molar-refractivity contribution in [3.8, 4) is 0 Å². The van der Waals surface area contributed by atoms with Crippen molar-refractivity contribution in [2.45, 2.75) is 20.0 Å². The number of anilines is 1. The van der Waals surface area contributed by atoms with E-state index < -0.39 is 17.8 Å². The highest BCUT2D eigenvalue weighted by Gasteiger charge is 2.18. The van der Waals surface area contributed by atoms with Gasteiger partial charge < -0.3 is 20.1 Å². The number of carbonyl (C=O) groups excluding carboxylic acids is 1. The van der Waals surface area contributed by atoms with Crippen molar-refractivity contribution in [3.05, 3.63) is 29.6 Å². The van der Waals surface area contributed by atoms with Crippen molar-refractivity contribution in [2.75, 3.05) is 25.5 Å². The first-order chi connectivity index (χ1) is 9.82. The van der Waals surface area contributed by atoms with Gasteiger partial charge in [0.15, 0.2) is 0 Å². The third-order valence-corrected chi connectivity index (χ3v) is 2.70. The number of benzene rings is 1. The molecule has 0 saturated heterocycles. The Morgan fingerprint density at radius 3 is 2.67 bits per heavy atom. The van der Waals surface area contributed by atoms with Gasteiger partial charge in [-0.3, -0.25) is 0 Å². The third kappa shape index (κ3) is 5.03. The second-order valence-electron chi connectivity index (χ2n) is 4.74. The molecule has 1 rings (SSSR count). The molecule has 1 aromatic rings. The fourth-order valence-electron chi connectivity index (χ4n) is 1.56. The Balaban J connectivity index is 2.72. The van der Waals surface area contributed by atoms with E-state index in [9.17, 15) is 14.0 Å². The first-order valence-electron chi connectivity index (χ1n) is 6.48. The van der Waals surface area contributed by atoms with Gasteiger partial charge in [0.1, 0.15) is 5.82 Å². The average Bonchev–Trinajstić information content (AvgIpc) is 2.40. The lowest BCUT2D eigenvalue weighted by molar-refractivity contribution is 0.0687. The smallest absolute Gasteiger partial charge is 0.337 e. The number of hydrogen-bond donors (Lipinski definition) is 2. The van der Waals surface area contributed by atoms with Crippen LogP contribution in [0.2, 0.25) is 0 Å². The summed E-state index contributed by atoms with van der Waals surface area (Å²) >= 11 is 0. The molecule has 116 valence electrons. The Hall–Kier alpha value is -2.15. The summed E-state index contributed by atoms with van der Waals surface area (Å²) in [4.78, 5) is 24.2. The monoisotopic (exact) mass is 298 g/mol. The van der Waals surface area contributed by atoms with Gasteiger partial charge in [0.25, 0.3) is 0 Å². The SMILES string of the molecule is CC(C)OCCN(C)C(=O)Nc1c(F)cccc1C(=O)O. The number of carboxylic acid groups (broad SMARTS) is 1. The van der Waals surface area contributed by atoms with Gasteiger partial charge in [0, 0.05) is 13.6 Å². The molecule has 6 nitrogen and oxygen atoms in total. The van der Waals surface area contributed by atoms with Crippen molar-refractivity contribution >= 4 is 17.7 Å². The minimum Gasteiger partial charge on any atom is -0.478 e. The van der Waals surface area contributed by atoms with Gasteiger partial charge in [-0.2, -0.15) is 0 Å². The normalized spacial score (nSPS) is 10.5. The number of para-hydroxylation sites is 1. The van der Waals surface area contributed by atoms with Crippen LogP contribution in [0, 0.1) is 5.82 Å². The first kappa shape index (κ1) is 16.9. The molecule has 7 heteroatoms. The number of hydrogen-bond acceptors (Lipinski definition) is 3. The highest BCUT2D eigenvalue weighted by Crippen LogP contribution is 2.20. The van der Waals surface area contributed by atoms with Crippen LogP contribution in [0.4, 0.5) is 14.9 Å². The van der Waals surface area contributed by atoms with Gasteiger partial charge in [0.05, 0.1) is 24.0 Å². The number of likely N-dealkylation sites (N-methyl/N-ethyl adjacent to an activating group) is 1. The molecule has 0 fully saturated rings. The molecule has 1 aromatic carbocycles. The molecule has 0 unspecified atom stereocenters. The summed E-state index contributed by atoms with van der Waals surface area (Å²) < 4.78 is 19.0. The average molecular weight is 298 g/mol. The van der Waals surface area contributed by atoms with E-state index in [0.717, 1.165) is 6.07 Å². The zero-order valence-corrected chi connectivity index (χ0v) is 12.2. The predicted molar refractivity (Wildman–Crippen MR) is 76.1 cm³/mol. The topological polar surface area (TPSA) is 78.9 Å². The lowest BCUT2D eigenvalue weighted by atomic mass is 10.1. The zero-order valence-electron chi connectivity index (χ0n) is 12.2. The number of urea groups is 1. The molecule has 0 saturated carbocycles. The van der Waals surface area contributed by atoms with E-state index >= 15 is 0 Å². The molecule has 0 spiro atoms. The molecule has 0 atom stereocenters. The second-order valence-corrected chi connectivity index (χ2v) is 4.74. The Kier molecular flexibility index (Phi) is 6.10. The van der Waals surface area contributed by atoms with Gasteiger partial charge >= 0.3 is 12.0 Å². The minimum absolute atomic E-state index is 0.0478. The zero-order chi connectivity index (χ0) is 16.0. The van der Waals surface area contributed by atoms with E-state index in [4.69, 9.17) is 9.84 Å². The summed E-state index contributed by atoms with van der Waals surface area (Å²) in [6.45, 7) is 4.39. The summed E-state index contributed by atoms with van der Waals surface area (Å²) in [6.07, 6.45) is 0.0478. The Labute approximate surface area is 122 Å². The van der Waals surface area contributed by atoms with Crippen LogP contribution in [0.1, 0.15) is 24.2 Å². The van der Waals surface area contributed by atoms with E-state index in [0.29, 0.717) is 13.2 Å². The van der Waals surface area contributed by atoms with Crippen LogP contribution in [-0.2, 0) is 4.74 Å². The van der Waals surface area contributed by atoms with Crippen LogP contribution >= 0.6 is 0 Å². The van der Waals surface area contributed by atoms with Gasteiger partial charge in [-0.25, -0.2) is 14.0 Å². The molecule has 0 aromatic heterocycles. The maximum Gasteiger partial charge on any atom is 0.337 e. The molecule has 2 amide bonds. The van der Waals surface area contributed by atoms with E-state index in [1.807, 2.05) is 13.8 Å². The number of nitrogens with zero attached hydrogens (tertiary/aromatic N) is 1.